The lowest BCUT2D eigenvalue weighted by Gasteiger charge is -2.05. The molecule has 0 radical (unpaired) electrons. The highest BCUT2D eigenvalue weighted by Crippen LogP contribution is 2.12. The number of hydroxylamine groups is 1. The van der Waals surface area contributed by atoms with Crippen molar-refractivity contribution in [2.45, 2.75) is 0 Å². The van der Waals surface area contributed by atoms with Gasteiger partial charge in [0.1, 0.15) is 5.75 Å². The molecule has 0 spiro atoms. The Bertz CT molecular complexity index is 299. The summed E-state index contributed by atoms with van der Waals surface area (Å²) < 4.78 is 5.01. The largest absolute Gasteiger partial charge is 0.497 e. The lowest BCUT2D eigenvalue weighted by atomic mass is 10.2. The van der Waals surface area contributed by atoms with Crippen LogP contribution in [0, 0.1) is 5.41 Å². The van der Waals surface area contributed by atoms with E-state index in [1.165, 1.54) is 0 Å². The average Bonchev–Trinajstić information content (AvgIpc) is 2.18. The van der Waals surface area contributed by atoms with E-state index in [4.69, 9.17) is 15.0 Å². The van der Waals surface area contributed by atoms with Gasteiger partial charge in [-0.1, -0.05) is 6.07 Å². The predicted molar refractivity (Wildman–Crippen MR) is 50.0 cm³/mol. The predicted octanol–water partition coefficient (Wildman–Crippen LogP) is 1.17. The normalized spacial score (nSPS) is 9.38. The highest BCUT2D eigenvalue weighted by molar-refractivity contribution is 5.91. The molecule has 1 aromatic rings. The molecule has 0 fully saturated rings. The fourth-order valence-electron chi connectivity index (χ4n) is 0.925. The molecule has 0 amide bonds. The first-order valence-corrected chi connectivity index (χ1v) is 3.84. The summed E-state index contributed by atoms with van der Waals surface area (Å²) in [4.78, 5) is 4.81. The molecule has 1 aromatic carbocycles. The fraction of sp³-hybridized carbons (Fsp3) is 0.222. The molecule has 0 aromatic heterocycles. The smallest absolute Gasteiger partial charge is 0.237 e. The van der Waals surface area contributed by atoms with Gasteiger partial charge in [0.15, 0.2) is 0 Å². The summed E-state index contributed by atoms with van der Waals surface area (Å²) in [6.45, 7) is 0. The third kappa shape index (κ3) is 2.45. The van der Waals surface area contributed by atoms with Crippen molar-refractivity contribution in [3.8, 4) is 5.75 Å². The van der Waals surface area contributed by atoms with Gasteiger partial charge in [0, 0.05) is 12.6 Å². The molecule has 0 unspecified atom stereocenters. The molecule has 1 rings (SSSR count). The van der Waals surface area contributed by atoms with Crippen LogP contribution in [0.15, 0.2) is 24.3 Å². The Kier molecular flexibility index (Phi) is 3.28. The number of hydrogen-bond acceptors (Lipinski definition) is 4. The summed E-state index contributed by atoms with van der Waals surface area (Å²) in [6.07, 6.45) is 0. The molecule has 0 aliphatic rings. The van der Waals surface area contributed by atoms with Gasteiger partial charge in [-0.3, -0.25) is 5.41 Å². The second-order valence-electron chi connectivity index (χ2n) is 2.37. The van der Waals surface area contributed by atoms with Crippen molar-refractivity contribution < 1.29 is 9.57 Å². The van der Waals surface area contributed by atoms with Crippen LogP contribution < -0.4 is 10.2 Å². The van der Waals surface area contributed by atoms with E-state index in [0.717, 1.165) is 0 Å². The van der Waals surface area contributed by atoms with Crippen LogP contribution in [0.25, 0.3) is 0 Å². The number of ether oxygens (including phenoxy) is 1. The molecule has 70 valence electrons. The van der Waals surface area contributed by atoms with E-state index in [-0.39, 0.29) is 5.90 Å². The van der Waals surface area contributed by atoms with Crippen LogP contribution in [0.5, 0.6) is 5.75 Å². The molecule has 0 atom stereocenters. The van der Waals surface area contributed by atoms with E-state index in [1.807, 2.05) is 12.1 Å². The first-order valence-electron chi connectivity index (χ1n) is 3.84. The lowest BCUT2D eigenvalue weighted by molar-refractivity contribution is 0.207. The topological polar surface area (TPSA) is 54.3 Å². The van der Waals surface area contributed by atoms with Crippen molar-refractivity contribution in [3.05, 3.63) is 29.8 Å². The lowest BCUT2D eigenvalue weighted by Crippen LogP contribution is -2.15. The van der Waals surface area contributed by atoms with Gasteiger partial charge >= 0.3 is 0 Å². The van der Waals surface area contributed by atoms with Crippen molar-refractivity contribution in [1.82, 2.24) is 5.48 Å². The minimum absolute atomic E-state index is 0.0707. The second kappa shape index (κ2) is 4.47. The maximum atomic E-state index is 7.46. The molecule has 0 saturated heterocycles. The molecule has 0 aliphatic heterocycles. The number of nitrogens with one attached hydrogen (secondary N) is 2. The zero-order valence-corrected chi connectivity index (χ0v) is 7.63. The summed E-state index contributed by atoms with van der Waals surface area (Å²) >= 11 is 0. The number of hydrogen-bond donors (Lipinski definition) is 2. The summed E-state index contributed by atoms with van der Waals surface area (Å²) in [7, 11) is 3.19. The maximum Gasteiger partial charge on any atom is 0.237 e. The summed E-state index contributed by atoms with van der Waals surface area (Å²) in [6, 6.07) is 7.14. The van der Waals surface area contributed by atoms with Crippen molar-refractivity contribution >= 4 is 5.90 Å². The minimum atomic E-state index is 0.0707. The minimum Gasteiger partial charge on any atom is -0.497 e. The zero-order valence-electron chi connectivity index (χ0n) is 7.63. The van der Waals surface area contributed by atoms with Gasteiger partial charge in [-0.2, -0.15) is 5.48 Å². The first-order chi connectivity index (χ1) is 6.27. The van der Waals surface area contributed by atoms with Crippen LogP contribution in [-0.2, 0) is 4.84 Å². The Morgan fingerprint density at radius 1 is 1.46 bits per heavy atom. The van der Waals surface area contributed by atoms with Gasteiger partial charge in [-0.25, -0.2) is 0 Å². The summed E-state index contributed by atoms with van der Waals surface area (Å²) in [5.41, 5.74) is 3.11. The summed E-state index contributed by atoms with van der Waals surface area (Å²) in [5.74, 6) is 0.781. The van der Waals surface area contributed by atoms with E-state index in [0.29, 0.717) is 11.3 Å². The quantitative estimate of drug-likeness (QED) is 0.417. The number of methoxy groups -OCH3 is 1. The maximum absolute atomic E-state index is 7.46. The van der Waals surface area contributed by atoms with Crippen molar-refractivity contribution in [2.24, 2.45) is 0 Å². The Morgan fingerprint density at radius 2 is 2.23 bits per heavy atom. The second-order valence-corrected chi connectivity index (χ2v) is 2.37. The molecular weight excluding hydrogens is 168 g/mol. The molecule has 4 nitrogen and oxygen atoms in total. The van der Waals surface area contributed by atoms with Gasteiger partial charge in [0.05, 0.1) is 7.11 Å². The molecule has 0 bridgehead atoms. The van der Waals surface area contributed by atoms with Crippen molar-refractivity contribution in [2.75, 3.05) is 14.2 Å². The van der Waals surface area contributed by atoms with Crippen LogP contribution in [0.1, 0.15) is 5.56 Å². The molecular formula is C9H12N2O2. The fourth-order valence-corrected chi connectivity index (χ4v) is 0.925. The Hall–Kier alpha value is -1.55. The van der Waals surface area contributed by atoms with Gasteiger partial charge in [0.2, 0.25) is 5.90 Å². The molecule has 0 heterocycles. The molecule has 0 saturated carbocycles. The molecule has 2 N–H and O–H groups in total. The van der Waals surface area contributed by atoms with E-state index in [9.17, 15) is 0 Å². The van der Waals surface area contributed by atoms with Gasteiger partial charge in [-0.15, -0.1) is 0 Å². The van der Waals surface area contributed by atoms with Crippen LogP contribution >= 0.6 is 0 Å². The zero-order chi connectivity index (χ0) is 9.68. The highest BCUT2D eigenvalue weighted by Gasteiger charge is 2.02. The molecule has 13 heavy (non-hydrogen) atoms. The first kappa shape index (κ1) is 9.54. The average molecular weight is 180 g/mol. The Labute approximate surface area is 76.9 Å². The van der Waals surface area contributed by atoms with E-state index >= 15 is 0 Å². The van der Waals surface area contributed by atoms with Gasteiger partial charge in [0.25, 0.3) is 0 Å². The third-order valence-corrected chi connectivity index (χ3v) is 1.54. The van der Waals surface area contributed by atoms with Crippen LogP contribution in [0.3, 0.4) is 0 Å². The summed E-state index contributed by atoms with van der Waals surface area (Å²) in [5, 5.41) is 7.46. The van der Waals surface area contributed by atoms with Gasteiger partial charge in [-0.05, 0) is 18.2 Å². The van der Waals surface area contributed by atoms with E-state index in [2.05, 4.69) is 5.48 Å². The van der Waals surface area contributed by atoms with Crippen LogP contribution in [0.2, 0.25) is 0 Å². The van der Waals surface area contributed by atoms with E-state index in [1.54, 1.807) is 26.3 Å². The monoisotopic (exact) mass is 180 g/mol. The molecule has 4 heteroatoms. The standard InChI is InChI=1S/C9H12N2O2/c1-11-13-9(10)7-4-3-5-8(6-7)12-2/h3-6,10-11H,1-2H3. The van der Waals surface area contributed by atoms with Crippen molar-refractivity contribution in [3.63, 3.8) is 0 Å². The Morgan fingerprint density at radius 3 is 2.85 bits per heavy atom. The highest BCUT2D eigenvalue weighted by atomic mass is 16.6. The van der Waals surface area contributed by atoms with Gasteiger partial charge < -0.3 is 9.57 Å². The molecule has 0 aliphatic carbocycles. The van der Waals surface area contributed by atoms with Crippen molar-refractivity contribution in [1.29, 1.82) is 5.41 Å². The SMILES string of the molecule is CNOC(=N)c1cccc(OC)c1. The third-order valence-electron chi connectivity index (χ3n) is 1.54. The Balaban J connectivity index is 2.82. The van der Waals surface area contributed by atoms with E-state index < -0.39 is 0 Å². The number of benzene rings is 1. The van der Waals surface area contributed by atoms with Crippen LogP contribution in [-0.4, -0.2) is 20.1 Å². The number of rotatable bonds is 3. The van der Waals surface area contributed by atoms with Crippen LogP contribution in [0.4, 0.5) is 0 Å².